The lowest BCUT2D eigenvalue weighted by Gasteiger charge is -2.09. The van der Waals surface area contributed by atoms with Gasteiger partial charge < -0.3 is 15.5 Å². The van der Waals surface area contributed by atoms with Gasteiger partial charge in [0.25, 0.3) is 5.91 Å². The van der Waals surface area contributed by atoms with Gasteiger partial charge in [-0.1, -0.05) is 26.0 Å². The second-order valence-electron chi connectivity index (χ2n) is 7.60. The molecule has 4 N–H and O–H groups in total. The Morgan fingerprint density at radius 1 is 1.03 bits per heavy atom. The van der Waals surface area contributed by atoms with Gasteiger partial charge in [0.1, 0.15) is 5.75 Å². The highest BCUT2D eigenvalue weighted by atomic mass is 16.5. The number of rotatable bonds is 6. The highest BCUT2D eigenvalue weighted by Crippen LogP contribution is 2.27. The van der Waals surface area contributed by atoms with Crippen molar-refractivity contribution >= 4 is 29.1 Å². The molecule has 1 aliphatic rings. The monoisotopic (exact) mass is 417 g/mol. The van der Waals surface area contributed by atoms with E-state index in [-0.39, 0.29) is 17.8 Å². The van der Waals surface area contributed by atoms with Crippen LogP contribution in [0.4, 0.5) is 17.2 Å². The zero-order valence-corrected chi connectivity index (χ0v) is 17.2. The zero-order chi connectivity index (χ0) is 21.8. The number of nitrogens with zero attached hydrogens (tertiary/aromatic N) is 1. The molecule has 1 aromatic heterocycles. The maximum Gasteiger partial charge on any atom is 0.311 e. The molecular formula is C23H23N5O3. The largest absolute Gasteiger partial charge is 0.427 e. The number of hydrogen-bond donors (Lipinski definition) is 4. The molecule has 1 amide bonds. The van der Waals surface area contributed by atoms with Gasteiger partial charge in [-0.3, -0.25) is 15.0 Å². The molecule has 1 aliphatic heterocycles. The van der Waals surface area contributed by atoms with Gasteiger partial charge in [-0.2, -0.15) is 0 Å². The number of fused-ring (bicyclic) bond motifs is 1. The van der Waals surface area contributed by atoms with E-state index in [1.165, 1.54) is 0 Å². The molecule has 8 nitrogen and oxygen atoms in total. The Balaban J connectivity index is 1.43. The maximum atomic E-state index is 12.7. The lowest BCUT2D eigenvalue weighted by atomic mass is 10.1. The highest BCUT2D eigenvalue weighted by molar-refractivity contribution is 6.05. The van der Waals surface area contributed by atoms with Crippen LogP contribution >= 0.6 is 0 Å². The Labute approximate surface area is 180 Å². The van der Waals surface area contributed by atoms with Crippen LogP contribution in [0.5, 0.6) is 5.75 Å². The normalized spacial score (nSPS) is 12.0. The van der Waals surface area contributed by atoms with E-state index >= 15 is 0 Å². The molecular weight excluding hydrogens is 394 g/mol. The summed E-state index contributed by atoms with van der Waals surface area (Å²) < 4.78 is 5.29. The van der Waals surface area contributed by atoms with Crippen molar-refractivity contribution in [1.29, 1.82) is 0 Å². The van der Waals surface area contributed by atoms with Crippen LogP contribution in [0.15, 0.2) is 60.7 Å². The van der Waals surface area contributed by atoms with Crippen molar-refractivity contribution < 1.29 is 14.3 Å². The number of hydrazine groups is 2. The van der Waals surface area contributed by atoms with Gasteiger partial charge in [0, 0.05) is 23.2 Å². The molecule has 8 heteroatoms. The second-order valence-corrected chi connectivity index (χ2v) is 7.60. The number of benzene rings is 2. The molecule has 4 rings (SSSR count). The average Bonchev–Trinajstić information content (AvgIpc) is 3.22. The van der Waals surface area contributed by atoms with Gasteiger partial charge in [-0.25, -0.2) is 4.98 Å². The molecule has 0 bridgehead atoms. The van der Waals surface area contributed by atoms with Crippen LogP contribution in [0.2, 0.25) is 0 Å². The second kappa shape index (κ2) is 8.85. The lowest BCUT2D eigenvalue weighted by molar-refractivity contribution is -0.135. The smallest absolute Gasteiger partial charge is 0.311 e. The van der Waals surface area contributed by atoms with Crippen molar-refractivity contribution in [2.45, 2.75) is 20.3 Å². The minimum Gasteiger partial charge on any atom is -0.427 e. The summed E-state index contributed by atoms with van der Waals surface area (Å²) >= 11 is 0. The van der Waals surface area contributed by atoms with Gasteiger partial charge in [0.15, 0.2) is 5.82 Å². The maximum absolute atomic E-state index is 12.7. The molecule has 0 radical (unpaired) electrons. The summed E-state index contributed by atoms with van der Waals surface area (Å²) in [6, 6.07) is 17.8. The lowest BCUT2D eigenvalue weighted by Crippen LogP contribution is -2.19. The Morgan fingerprint density at radius 3 is 2.61 bits per heavy atom. The van der Waals surface area contributed by atoms with Crippen LogP contribution in [-0.4, -0.2) is 16.9 Å². The fourth-order valence-corrected chi connectivity index (χ4v) is 3.11. The molecule has 3 aromatic rings. The third-order valence-corrected chi connectivity index (χ3v) is 4.61. The van der Waals surface area contributed by atoms with Crippen LogP contribution < -0.4 is 26.4 Å². The number of ether oxygens (including phenoxy) is 1. The number of nitrogens with one attached hydrogen (secondary N) is 4. The highest BCUT2D eigenvalue weighted by Gasteiger charge is 2.13. The van der Waals surface area contributed by atoms with E-state index in [1.54, 1.807) is 36.4 Å². The van der Waals surface area contributed by atoms with E-state index in [1.807, 2.05) is 38.1 Å². The summed E-state index contributed by atoms with van der Waals surface area (Å²) in [6.07, 6.45) is 0.358. The number of hydrogen-bond acceptors (Lipinski definition) is 7. The van der Waals surface area contributed by atoms with Crippen molar-refractivity contribution in [3.8, 4) is 17.0 Å². The molecule has 31 heavy (non-hydrogen) atoms. The van der Waals surface area contributed by atoms with E-state index in [0.717, 1.165) is 16.9 Å². The van der Waals surface area contributed by atoms with Crippen molar-refractivity contribution in [3.63, 3.8) is 0 Å². The molecule has 0 atom stereocenters. The van der Waals surface area contributed by atoms with E-state index in [2.05, 4.69) is 26.7 Å². The number of pyridine rings is 1. The first-order valence-electron chi connectivity index (χ1n) is 9.98. The van der Waals surface area contributed by atoms with Crippen molar-refractivity contribution in [1.82, 2.24) is 10.5 Å². The summed E-state index contributed by atoms with van der Waals surface area (Å²) in [4.78, 5) is 29.0. The number of esters is 1. The van der Waals surface area contributed by atoms with Crippen LogP contribution in [0.3, 0.4) is 0 Å². The predicted octanol–water partition coefficient (Wildman–Crippen LogP) is 4.21. The van der Waals surface area contributed by atoms with Crippen molar-refractivity contribution in [3.05, 3.63) is 66.2 Å². The van der Waals surface area contributed by atoms with Gasteiger partial charge in [-0.05, 0) is 54.4 Å². The van der Waals surface area contributed by atoms with E-state index in [9.17, 15) is 9.59 Å². The van der Waals surface area contributed by atoms with Crippen molar-refractivity contribution in [2.24, 2.45) is 5.92 Å². The Morgan fingerprint density at radius 2 is 1.84 bits per heavy atom. The third-order valence-electron chi connectivity index (χ3n) is 4.61. The topological polar surface area (TPSA) is 104 Å². The number of amides is 1. The minimum absolute atomic E-state index is 0.235. The third kappa shape index (κ3) is 4.99. The Kier molecular flexibility index (Phi) is 5.81. The summed E-state index contributed by atoms with van der Waals surface area (Å²) in [5.41, 5.74) is 12.2. The van der Waals surface area contributed by atoms with Crippen LogP contribution in [0.25, 0.3) is 11.3 Å². The van der Waals surface area contributed by atoms with E-state index < -0.39 is 0 Å². The first-order valence-corrected chi connectivity index (χ1v) is 9.98. The predicted molar refractivity (Wildman–Crippen MR) is 120 cm³/mol. The summed E-state index contributed by atoms with van der Waals surface area (Å²) in [5, 5.41) is 2.86. The molecule has 2 aromatic carbocycles. The minimum atomic E-state index is -0.273. The number of carbonyl (C=O) groups excluding carboxylic acids is 2. The molecule has 0 spiro atoms. The standard InChI is InChI=1S/C23H23N5O3/c1-14(2)12-21(29)31-18-8-6-17(7-9-18)24-23(30)16-5-3-4-15(13-16)19-10-11-20-22(25-19)27-28-26-20/h3-11,13-14,26,28H,12H2,1-2H3,(H,24,30)(H,25,27). The quantitative estimate of drug-likeness (QED) is 0.352. The van der Waals surface area contributed by atoms with Gasteiger partial charge in [-0.15, -0.1) is 5.53 Å². The number of carbonyl (C=O) groups is 2. The molecule has 0 fully saturated rings. The fourth-order valence-electron chi connectivity index (χ4n) is 3.11. The molecule has 158 valence electrons. The SMILES string of the molecule is CC(C)CC(=O)Oc1ccc(NC(=O)c2cccc(-c3ccc4c(n3)NNN4)c2)cc1. The van der Waals surface area contributed by atoms with E-state index in [4.69, 9.17) is 4.74 Å². The number of anilines is 3. The Hall–Kier alpha value is -3.91. The molecule has 0 saturated heterocycles. The van der Waals surface area contributed by atoms with Crippen molar-refractivity contribution in [2.75, 3.05) is 16.2 Å². The fraction of sp³-hybridized carbons (Fsp3) is 0.174. The van der Waals surface area contributed by atoms with Gasteiger partial charge in [0.2, 0.25) is 0 Å². The molecule has 0 aliphatic carbocycles. The van der Waals surface area contributed by atoms with Gasteiger partial charge >= 0.3 is 5.97 Å². The average molecular weight is 417 g/mol. The van der Waals surface area contributed by atoms with Crippen LogP contribution in [0, 0.1) is 5.92 Å². The van der Waals surface area contributed by atoms with E-state index in [0.29, 0.717) is 29.2 Å². The van der Waals surface area contributed by atoms with Gasteiger partial charge in [0.05, 0.1) is 11.4 Å². The first-order chi connectivity index (χ1) is 15.0. The number of aromatic nitrogens is 1. The van der Waals surface area contributed by atoms with Crippen LogP contribution in [0.1, 0.15) is 30.6 Å². The Bertz CT molecular complexity index is 1110. The summed E-state index contributed by atoms with van der Waals surface area (Å²) in [7, 11) is 0. The van der Waals surface area contributed by atoms with Crippen LogP contribution in [-0.2, 0) is 4.79 Å². The molecule has 2 heterocycles. The summed E-state index contributed by atoms with van der Waals surface area (Å²) in [6.45, 7) is 3.92. The zero-order valence-electron chi connectivity index (χ0n) is 17.2. The summed E-state index contributed by atoms with van der Waals surface area (Å²) in [5.74, 6) is 0.866. The first kappa shape index (κ1) is 20.4. The molecule has 0 unspecified atom stereocenters. The molecule has 0 saturated carbocycles.